The number of sulfonamides is 1. The summed E-state index contributed by atoms with van der Waals surface area (Å²) in [5.74, 6) is 0. The van der Waals surface area contributed by atoms with Gasteiger partial charge in [0.1, 0.15) is 11.6 Å². The molecule has 0 amide bonds. The standard InChI is InChI=1S/C18H17Cl2N3O3S/c1-13-5-7-15(8-6-13)23-9-14(21-11-23)10-26-12-22-27(24,25)18-16(19)3-2-4-17(18)20/h2-9,11,22H,10,12H2,1H3. The number of nitrogens with one attached hydrogen (secondary N) is 1. The van der Waals surface area contributed by atoms with Crippen molar-refractivity contribution in [1.29, 1.82) is 0 Å². The van der Waals surface area contributed by atoms with Crippen LogP contribution in [0.5, 0.6) is 0 Å². The highest BCUT2D eigenvalue weighted by atomic mass is 35.5. The van der Waals surface area contributed by atoms with Gasteiger partial charge in [0, 0.05) is 11.9 Å². The van der Waals surface area contributed by atoms with Crippen molar-refractivity contribution in [2.24, 2.45) is 0 Å². The van der Waals surface area contributed by atoms with Crippen molar-refractivity contribution >= 4 is 33.2 Å². The van der Waals surface area contributed by atoms with Crippen molar-refractivity contribution in [3.05, 3.63) is 76.3 Å². The molecule has 0 spiro atoms. The molecule has 142 valence electrons. The molecule has 1 aromatic heterocycles. The van der Waals surface area contributed by atoms with Crippen LogP contribution < -0.4 is 4.72 Å². The van der Waals surface area contributed by atoms with Gasteiger partial charge in [0.15, 0.2) is 0 Å². The van der Waals surface area contributed by atoms with Crippen LogP contribution in [0, 0.1) is 6.92 Å². The number of hydrogen-bond donors (Lipinski definition) is 1. The molecule has 0 saturated carbocycles. The summed E-state index contributed by atoms with van der Waals surface area (Å²) < 4.78 is 34.2. The summed E-state index contributed by atoms with van der Waals surface area (Å²) in [6, 6.07) is 12.5. The number of rotatable bonds is 7. The highest BCUT2D eigenvalue weighted by Gasteiger charge is 2.21. The lowest BCUT2D eigenvalue weighted by Crippen LogP contribution is -2.26. The molecule has 0 aliphatic rings. The summed E-state index contributed by atoms with van der Waals surface area (Å²) in [6.45, 7) is 1.94. The first-order valence-electron chi connectivity index (χ1n) is 7.98. The number of benzene rings is 2. The van der Waals surface area contributed by atoms with Crippen molar-refractivity contribution in [3.8, 4) is 5.69 Å². The van der Waals surface area contributed by atoms with Gasteiger partial charge in [-0.25, -0.2) is 13.4 Å². The summed E-state index contributed by atoms with van der Waals surface area (Å²) in [6.07, 6.45) is 3.50. The molecule has 3 rings (SSSR count). The Morgan fingerprint density at radius 3 is 2.44 bits per heavy atom. The maximum atomic E-state index is 12.3. The van der Waals surface area contributed by atoms with Gasteiger partial charge >= 0.3 is 0 Å². The number of halogens is 2. The van der Waals surface area contributed by atoms with Crippen LogP contribution in [0.15, 0.2) is 59.9 Å². The zero-order valence-corrected chi connectivity index (χ0v) is 16.7. The third kappa shape index (κ3) is 4.88. The van der Waals surface area contributed by atoms with Gasteiger partial charge in [-0.05, 0) is 31.2 Å². The van der Waals surface area contributed by atoms with Crippen LogP contribution in [0.1, 0.15) is 11.3 Å². The highest BCUT2D eigenvalue weighted by molar-refractivity contribution is 7.89. The summed E-state index contributed by atoms with van der Waals surface area (Å²) in [4.78, 5) is 4.09. The normalized spacial score (nSPS) is 11.7. The van der Waals surface area contributed by atoms with E-state index < -0.39 is 10.0 Å². The second kappa shape index (κ2) is 8.41. The highest BCUT2D eigenvalue weighted by Crippen LogP contribution is 2.28. The zero-order chi connectivity index (χ0) is 19.4. The summed E-state index contributed by atoms with van der Waals surface area (Å²) in [7, 11) is -3.88. The van der Waals surface area contributed by atoms with Gasteiger partial charge in [-0.2, -0.15) is 4.72 Å². The monoisotopic (exact) mass is 425 g/mol. The van der Waals surface area contributed by atoms with E-state index in [2.05, 4.69) is 9.71 Å². The molecule has 0 aliphatic carbocycles. The summed E-state index contributed by atoms with van der Waals surface area (Å²) >= 11 is 11.9. The lowest BCUT2D eigenvalue weighted by molar-refractivity contribution is 0.115. The van der Waals surface area contributed by atoms with E-state index in [4.69, 9.17) is 27.9 Å². The second-order valence-corrected chi connectivity index (χ2v) is 8.32. The van der Waals surface area contributed by atoms with Crippen LogP contribution >= 0.6 is 23.2 Å². The molecule has 0 atom stereocenters. The third-order valence-corrected chi connectivity index (χ3v) is 6.09. The molecule has 2 aromatic carbocycles. The fourth-order valence-electron chi connectivity index (χ4n) is 2.38. The van der Waals surface area contributed by atoms with E-state index in [1.54, 1.807) is 12.4 Å². The Morgan fingerprint density at radius 2 is 1.78 bits per heavy atom. The first kappa shape index (κ1) is 19.9. The third-order valence-electron chi connectivity index (χ3n) is 3.76. The minimum Gasteiger partial charge on any atom is -0.359 e. The van der Waals surface area contributed by atoms with Gasteiger partial charge in [-0.3, -0.25) is 0 Å². The number of ether oxygens (including phenoxy) is 1. The Balaban J connectivity index is 1.57. The number of imidazole rings is 1. The predicted molar refractivity (Wildman–Crippen MR) is 105 cm³/mol. The Labute approximate surface area is 167 Å². The molecule has 1 N–H and O–H groups in total. The van der Waals surface area contributed by atoms with E-state index in [9.17, 15) is 8.42 Å². The molecule has 0 radical (unpaired) electrons. The van der Waals surface area contributed by atoms with Gasteiger partial charge in [-0.1, -0.05) is 47.0 Å². The fraction of sp³-hybridized carbons (Fsp3) is 0.167. The molecular weight excluding hydrogens is 409 g/mol. The summed E-state index contributed by atoms with van der Waals surface area (Å²) in [5.41, 5.74) is 2.83. The van der Waals surface area contributed by atoms with E-state index in [1.807, 2.05) is 42.0 Å². The average Bonchev–Trinajstić information content (AvgIpc) is 3.08. The van der Waals surface area contributed by atoms with E-state index in [-0.39, 0.29) is 28.3 Å². The molecular formula is C18H17Cl2N3O3S. The average molecular weight is 426 g/mol. The largest absolute Gasteiger partial charge is 0.359 e. The van der Waals surface area contributed by atoms with E-state index >= 15 is 0 Å². The van der Waals surface area contributed by atoms with Crippen LogP contribution in [-0.2, 0) is 21.4 Å². The van der Waals surface area contributed by atoms with E-state index in [0.717, 1.165) is 5.69 Å². The SMILES string of the molecule is Cc1ccc(-n2cnc(COCNS(=O)(=O)c3c(Cl)cccc3Cl)c2)cc1. The number of nitrogens with zero attached hydrogens (tertiary/aromatic N) is 2. The van der Waals surface area contributed by atoms with Crippen LogP contribution in [0.25, 0.3) is 5.69 Å². The maximum Gasteiger partial charge on any atom is 0.245 e. The fourth-order valence-corrected chi connectivity index (χ4v) is 4.42. The number of aromatic nitrogens is 2. The van der Waals surface area contributed by atoms with Gasteiger partial charge in [0.25, 0.3) is 0 Å². The van der Waals surface area contributed by atoms with Crippen molar-refractivity contribution in [2.75, 3.05) is 6.73 Å². The van der Waals surface area contributed by atoms with Crippen LogP contribution in [0.4, 0.5) is 0 Å². The van der Waals surface area contributed by atoms with Gasteiger partial charge in [0.05, 0.1) is 28.7 Å². The van der Waals surface area contributed by atoms with Crippen LogP contribution in [0.2, 0.25) is 10.0 Å². The van der Waals surface area contributed by atoms with Crippen molar-refractivity contribution in [2.45, 2.75) is 18.4 Å². The molecule has 0 aliphatic heterocycles. The molecule has 0 unspecified atom stereocenters. The van der Waals surface area contributed by atoms with Gasteiger partial charge in [0.2, 0.25) is 10.0 Å². The summed E-state index contributed by atoms with van der Waals surface area (Å²) in [5, 5.41) is 0.0960. The first-order chi connectivity index (χ1) is 12.9. The Hall–Kier alpha value is -1.90. The van der Waals surface area contributed by atoms with Gasteiger partial charge < -0.3 is 9.30 Å². The second-order valence-electron chi connectivity index (χ2n) is 5.80. The Morgan fingerprint density at radius 1 is 1.11 bits per heavy atom. The predicted octanol–water partition coefficient (Wildman–Crippen LogP) is 3.94. The topological polar surface area (TPSA) is 73.2 Å². The van der Waals surface area contributed by atoms with Crippen molar-refractivity contribution < 1.29 is 13.2 Å². The Bertz CT molecular complexity index is 1010. The quantitative estimate of drug-likeness (QED) is 0.459. The van der Waals surface area contributed by atoms with Crippen molar-refractivity contribution in [1.82, 2.24) is 14.3 Å². The maximum absolute atomic E-state index is 12.3. The van der Waals surface area contributed by atoms with Crippen molar-refractivity contribution in [3.63, 3.8) is 0 Å². The number of hydrogen-bond acceptors (Lipinski definition) is 4. The van der Waals surface area contributed by atoms with E-state index in [1.165, 1.54) is 17.7 Å². The molecule has 0 fully saturated rings. The molecule has 9 heteroatoms. The Kier molecular flexibility index (Phi) is 6.18. The number of aryl methyl sites for hydroxylation is 1. The molecule has 27 heavy (non-hydrogen) atoms. The lowest BCUT2D eigenvalue weighted by Gasteiger charge is -2.10. The van der Waals surface area contributed by atoms with Crippen LogP contribution in [0.3, 0.4) is 0 Å². The minimum atomic E-state index is -3.88. The molecule has 0 bridgehead atoms. The molecule has 3 aromatic rings. The molecule has 0 saturated heterocycles. The molecule has 6 nitrogen and oxygen atoms in total. The lowest BCUT2D eigenvalue weighted by atomic mass is 10.2. The zero-order valence-electron chi connectivity index (χ0n) is 14.4. The first-order valence-corrected chi connectivity index (χ1v) is 10.2. The van der Waals surface area contributed by atoms with Gasteiger partial charge in [-0.15, -0.1) is 0 Å². The van der Waals surface area contributed by atoms with Crippen LogP contribution in [-0.4, -0.2) is 24.7 Å². The van der Waals surface area contributed by atoms with E-state index in [0.29, 0.717) is 5.69 Å². The minimum absolute atomic E-state index is 0.0480. The molecule has 1 heterocycles. The smallest absolute Gasteiger partial charge is 0.245 e.